The predicted molar refractivity (Wildman–Crippen MR) is 72.4 cm³/mol. The minimum atomic E-state index is -0.401. The normalized spacial score (nSPS) is 10.2. The molecule has 2 nitrogen and oxygen atoms in total. The molecule has 0 amide bonds. The van der Waals surface area contributed by atoms with Crippen molar-refractivity contribution < 1.29 is 9.13 Å². The van der Waals surface area contributed by atoms with Gasteiger partial charge in [0.25, 0.3) is 0 Å². The Labute approximate surface area is 110 Å². The Morgan fingerprint density at radius 3 is 2.61 bits per heavy atom. The van der Waals surface area contributed by atoms with E-state index in [-0.39, 0.29) is 5.75 Å². The van der Waals surface area contributed by atoms with Gasteiger partial charge in [-0.1, -0.05) is 17.7 Å². The summed E-state index contributed by atoms with van der Waals surface area (Å²) in [6.07, 6.45) is 0. The first-order chi connectivity index (χ1) is 8.60. The molecule has 18 heavy (non-hydrogen) atoms. The first-order valence-corrected chi connectivity index (χ1v) is 5.84. The lowest BCUT2D eigenvalue weighted by atomic mass is 10.2. The Morgan fingerprint density at radius 1 is 1.17 bits per heavy atom. The van der Waals surface area contributed by atoms with E-state index in [0.717, 1.165) is 11.3 Å². The van der Waals surface area contributed by atoms with E-state index in [1.807, 2.05) is 19.1 Å². The van der Waals surface area contributed by atoms with E-state index in [0.29, 0.717) is 10.7 Å². The zero-order chi connectivity index (χ0) is 13.1. The summed E-state index contributed by atoms with van der Waals surface area (Å²) in [6.45, 7) is 1.96. The summed E-state index contributed by atoms with van der Waals surface area (Å²) in [7, 11) is 1.44. The summed E-state index contributed by atoms with van der Waals surface area (Å²) in [4.78, 5) is 0. The van der Waals surface area contributed by atoms with E-state index in [4.69, 9.17) is 16.3 Å². The van der Waals surface area contributed by atoms with Crippen LogP contribution in [-0.4, -0.2) is 7.11 Å². The van der Waals surface area contributed by atoms with Crippen LogP contribution in [0.25, 0.3) is 0 Å². The summed E-state index contributed by atoms with van der Waals surface area (Å²) < 4.78 is 18.4. The quantitative estimate of drug-likeness (QED) is 0.880. The SMILES string of the molecule is COc1ccc(Nc2cc(Cl)ccc2C)cc1F. The van der Waals surface area contributed by atoms with Gasteiger partial charge in [-0.2, -0.15) is 0 Å². The molecule has 2 aromatic rings. The van der Waals surface area contributed by atoms with Crippen LogP contribution in [0.3, 0.4) is 0 Å². The van der Waals surface area contributed by atoms with Crippen molar-refractivity contribution in [3.05, 3.63) is 52.8 Å². The number of nitrogens with one attached hydrogen (secondary N) is 1. The van der Waals surface area contributed by atoms with Crippen molar-refractivity contribution in [2.75, 3.05) is 12.4 Å². The zero-order valence-corrected chi connectivity index (χ0v) is 10.9. The molecule has 1 N–H and O–H groups in total. The van der Waals surface area contributed by atoms with Gasteiger partial charge in [0.1, 0.15) is 0 Å². The monoisotopic (exact) mass is 265 g/mol. The molecule has 0 spiro atoms. The molecule has 4 heteroatoms. The van der Waals surface area contributed by atoms with Crippen LogP contribution in [0.15, 0.2) is 36.4 Å². The van der Waals surface area contributed by atoms with Gasteiger partial charge in [0, 0.05) is 22.5 Å². The number of halogens is 2. The molecule has 0 heterocycles. The fraction of sp³-hybridized carbons (Fsp3) is 0.143. The average molecular weight is 266 g/mol. The molecule has 2 aromatic carbocycles. The summed E-state index contributed by atoms with van der Waals surface area (Å²) in [5, 5.41) is 3.76. The van der Waals surface area contributed by atoms with Gasteiger partial charge in [0.15, 0.2) is 11.6 Å². The number of benzene rings is 2. The number of aryl methyl sites for hydroxylation is 1. The number of anilines is 2. The third-order valence-electron chi connectivity index (χ3n) is 2.63. The predicted octanol–water partition coefficient (Wildman–Crippen LogP) is 4.54. The molecule has 0 aliphatic heterocycles. The van der Waals surface area contributed by atoms with Crippen LogP contribution < -0.4 is 10.1 Å². The van der Waals surface area contributed by atoms with E-state index in [1.165, 1.54) is 13.2 Å². The highest BCUT2D eigenvalue weighted by molar-refractivity contribution is 6.30. The molecule has 0 radical (unpaired) electrons. The van der Waals surface area contributed by atoms with Crippen LogP contribution in [-0.2, 0) is 0 Å². The van der Waals surface area contributed by atoms with Gasteiger partial charge in [-0.05, 0) is 36.8 Å². The van der Waals surface area contributed by atoms with Crippen molar-refractivity contribution in [3.63, 3.8) is 0 Å². The molecule has 0 saturated carbocycles. The lowest BCUT2D eigenvalue weighted by molar-refractivity contribution is 0.386. The lowest BCUT2D eigenvalue weighted by Crippen LogP contribution is -1.95. The van der Waals surface area contributed by atoms with Crippen LogP contribution in [0.2, 0.25) is 5.02 Å². The fourth-order valence-corrected chi connectivity index (χ4v) is 1.80. The highest BCUT2D eigenvalue weighted by Gasteiger charge is 2.05. The van der Waals surface area contributed by atoms with Gasteiger partial charge in [-0.3, -0.25) is 0 Å². The zero-order valence-electron chi connectivity index (χ0n) is 10.1. The molecule has 94 valence electrons. The molecule has 0 aromatic heterocycles. The Bertz CT molecular complexity index is 572. The first-order valence-electron chi connectivity index (χ1n) is 5.47. The average Bonchev–Trinajstić information content (AvgIpc) is 2.34. The topological polar surface area (TPSA) is 21.3 Å². The third-order valence-corrected chi connectivity index (χ3v) is 2.87. The third kappa shape index (κ3) is 2.74. The number of ether oxygens (including phenoxy) is 1. The maximum atomic E-state index is 13.5. The number of hydrogen-bond acceptors (Lipinski definition) is 2. The van der Waals surface area contributed by atoms with E-state index in [2.05, 4.69) is 5.32 Å². The smallest absolute Gasteiger partial charge is 0.167 e. The molecule has 0 unspecified atom stereocenters. The van der Waals surface area contributed by atoms with E-state index in [9.17, 15) is 4.39 Å². The van der Waals surface area contributed by atoms with Crippen LogP contribution in [0.5, 0.6) is 5.75 Å². The van der Waals surface area contributed by atoms with E-state index >= 15 is 0 Å². The van der Waals surface area contributed by atoms with Crippen LogP contribution >= 0.6 is 11.6 Å². The van der Waals surface area contributed by atoms with Crippen LogP contribution in [0.1, 0.15) is 5.56 Å². The Hall–Kier alpha value is -1.74. The molecule has 0 fully saturated rings. The second-order valence-electron chi connectivity index (χ2n) is 3.93. The molecule has 0 saturated heterocycles. The summed E-state index contributed by atoms with van der Waals surface area (Å²) in [5.41, 5.74) is 2.54. The highest BCUT2D eigenvalue weighted by Crippen LogP contribution is 2.26. The maximum absolute atomic E-state index is 13.5. The number of methoxy groups -OCH3 is 1. The van der Waals surface area contributed by atoms with Gasteiger partial charge in [-0.25, -0.2) is 4.39 Å². The summed E-state index contributed by atoms with van der Waals surface area (Å²) in [5.74, 6) is -0.175. The Kier molecular flexibility index (Phi) is 3.72. The van der Waals surface area contributed by atoms with Crippen molar-refractivity contribution in [2.45, 2.75) is 6.92 Å². The van der Waals surface area contributed by atoms with Crippen molar-refractivity contribution in [3.8, 4) is 5.75 Å². The second kappa shape index (κ2) is 5.27. The van der Waals surface area contributed by atoms with E-state index < -0.39 is 5.82 Å². The van der Waals surface area contributed by atoms with Crippen molar-refractivity contribution in [1.82, 2.24) is 0 Å². The number of hydrogen-bond donors (Lipinski definition) is 1. The van der Waals surface area contributed by atoms with Gasteiger partial charge in [0.2, 0.25) is 0 Å². The van der Waals surface area contributed by atoms with Crippen molar-refractivity contribution in [2.24, 2.45) is 0 Å². The van der Waals surface area contributed by atoms with Gasteiger partial charge in [-0.15, -0.1) is 0 Å². The summed E-state index contributed by atoms with van der Waals surface area (Å²) in [6, 6.07) is 10.2. The molecule has 2 rings (SSSR count). The minimum Gasteiger partial charge on any atom is -0.494 e. The van der Waals surface area contributed by atoms with Crippen molar-refractivity contribution >= 4 is 23.0 Å². The minimum absolute atomic E-state index is 0.225. The molecule has 0 bridgehead atoms. The first kappa shape index (κ1) is 12.7. The van der Waals surface area contributed by atoms with Gasteiger partial charge < -0.3 is 10.1 Å². The Balaban J connectivity index is 2.28. The standard InChI is InChI=1S/C14H13ClFNO/c1-9-3-4-10(15)7-13(9)17-11-5-6-14(18-2)12(16)8-11/h3-8,17H,1-2H3. The number of rotatable bonds is 3. The van der Waals surface area contributed by atoms with E-state index in [1.54, 1.807) is 18.2 Å². The van der Waals surface area contributed by atoms with Crippen LogP contribution in [0, 0.1) is 12.7 Å². The largest absolute Gasteiger partial charge is 0.494 e. The molecular weight excluding hydrogens is 253 g/mol. The van der Waals surface area contributed by atoms with Crippen molar-refractivity contribution in [1.29, 1.82) is 0 Å². The molecular formula is C14H13ClFNO. The Morgan fingerprint density at radius 2 is 1.94 bits per heavy atom. The summed E-state index contributed by atoms with van der Waals surface area (Å²) >= 11 is 5.93. The second-order valence-corrected chi connectivity index (χ2v) is 4.37. The molecule has 0 aliphatic rings. The van der Waals surface area contributed by atoms with Gasteiger partial charge >= 0.3 is 0 Å². The van der Waals surface area contributed by atoms with Crippen LogP contribution in [0.4, 0.5) is 15.8 Å². The maximum Gasteiger partial charge on any atom is 0.167 e. The fourth-order valence-electron chi connectivity index (χ4n) is 1.63. The lowest BCUT2D eigenvalue weighted by Gasteiger charge is -2.11. The molecule has 0 aliphatic carbocycles. The van der Waals surface area contributed by atoms with Gasteiger partial charge in [0.05, 0.1) is 7.11 Å². The highest BCUT2D eigenvalue weighted by atomic mass is 35.5. The molecule has 0 atom stereocenters.